The van der Waals surface area contributed by atoms with Crippen LogP contribution in [0.1, 0.15) is 27.7 Å². The zero-order valence-corrected chi connectivity index (χ0v) is 19.3. The van der Waals surface area contributed by atoms with Gasteiger partial charge in [-0.05, 0) is 19.8 Å². The van der Waals surface area contributed by atoms with Crippen molar-refractivity contribution in [2.45, 2.75) is 34.2 Å². The Morgan fingerprint density at radius 1 is 1.31 bits per heavy atom. The SMILES string of the molecule is CCN(CC)C(=S)SCC(=O)N(CCOC)c1c(N)n(CC(C)C)c(=O)[nH]c1=O. The highest BCUT2D eigenvalue weighted by atomic mass is 32.2. The second-order valence-corrected chi connectivity index (χ2v) is 8.37. The fourth-order valence-corrected chi connectivity index (χ4v) is 3.98. The van der Waals surface area contributed by atoms with Crippen molar-refractivity contribution in [1.82, 2.24) is 14.5 Å². The molecule has 164 valence electrons. The molecule has 0 bridgehead atoms. The molecule has 0 unspecified atom stereocenters. The van der Waals surface area contributed by atoms with Gasteiger partial charge in [0.05, 0.1) is 12.4 Å². The summed E-state index contributed by atoms with van der Waals surface area (Å²) in [5, 5.41) is 0. The molecule has 1 rings (SSSR count). The van der Waals surface area contributed by atoms with E-state index in [9.17, 15) is 14.4 Å². The van der Waals surface area contributed by atoms with Crippen molar-refractivity contribution in [2.24, 2.45) is 5.92 Å². The summed E-state index contributed by atoms with van der Waals surface area (Å²) < 4.78 is 6.98. The Bertz CT molecular complexity index is 817. The number of methoxy groups -OCH3 is 1. The number of aromatic amines is 1. The van der Waals surface area contributed by atoms with Gasteiger partial charge < -0.3 is 20.3 Å². The third-order valence-electron chi connectivity index (χ3n) is 4.19. The highest BCUT2D eigenvalue weighted by molar-refractivity contribution is 8.23. The number of rotatable bonds is 10. The van der Waals surface area contributed by atoms with E-state index in [1.807, 2.05) is 32.6 Å². The Kier molecular flexibility index (Phi) is 10.4. The molecule has 1 aromatic rings. The number of thioether (sulfide) groups is 1. The van der Waals surface area contributed by atoms with Gasteiger partial charge in [0.15, 0.2) is 5.69 Å². The lowest BCUT2D eigenvalue weighted by atomic mass is 10.2. The molecule has 0 radical (unpaired) electrons. The van der Waals surface area contributed by atoms with E-state index < -0.39 is 11.2 Å². The predicted molar refractivity (Wildman–Crippen MR) is 123 cm³/mol. The van der Waals surface area contributed by atoms with Crippen molar-refractivity contribution >= 4 is 45.7 Å². The summed E-state index contributed by atoms with van der Waals surface area (Å²) in [5.41, 5.74) is 4.82. The first-order valence-corrected chi connectivity index (χ1v) is 10.9. The number of anilines is 2. The van der Waals surface area contributed by atoms with E-state index in [4.69, 9.17) is 22.7 Å². The second-order valence-electron chi connectivity index (χ2n) is 6.76. The largest absolute Gasteiger partial charge is 0.383 e. The van der Waals surface area contributed by atoms with Gasteiger partial charge in [0.25, 0.3) is 5.56 Å². The summed E-state index contributed by atoms with van der Waals surface area (Å²) in [6.45, 7) is 9.97. The van der Waals surface area contributed by atoms with Crippen molar-refractivity contribution in [3.8, 4) is 0 Å². The molecule has 0 atom stereocenters. The predicted octanol–water partition coefficient (Wildman–Crippen LogP) is 1.11. The number of nitrogens with one attached hydrogen (secondary N) is 1. The van der Waals surface area contributed by atoms with Crippen LogP contribution in [0.25, 0.3) is 0 Å². The quantitative estimate of drug-likeness (QED) is 0.515. The van der Waals surface area contributed by atoms with E-state index in [0.717, 1.165) is 13.1 Å². The monoisotopic (exact) mass is 445 g/mol. The van der Waals surface area contributed by atoms with Gasteiger partial charge in [-0.1, -0.05) is 37.8 Å². The average molecular weight is 446 g/mol. The minimum Gasteiger partial charge on any atom is -0.383 e. The van der Waals surface area contributed by atoms with E-state index in [0.29, 0.717) is 10.9 Å². The summed E-state index contributed by atoms with van der Waals surface area (Å²) in [5.74, 6) is -0.207. The molecule has 11 heteroatoms. The molecule has 0 aromatic carbocycles. The first-order valence-electron chi connectivity index (χ1n) is 9.51. The maximum atomic E-state index is 13.0. The van der Waals surface area contributed by atoms with E-state index in [1.165, 1.54) is 28.3 Å². The minimum atomic E-state index is -0.701. The van der Waals surface area contributed by atoms with Gasteiger partial charge in [0, 0.05) is 33.3 Å². The lowest BCUT2D eigenvalue weighted by Crippen LogP contribution is -2.43. The van der Waals surface area contributed by atoms with Crippen LogP contribution < -0.4 is 21.9 Å². The molecule has 3 N–H and O–H groups in total. The first kappa shape index (κ1) is 25.2. The minimum absolute atomic E-state index is 0.0341. The fraction of sp³-hybridized carbons (Fsp3) is 0.667. The molecular weight excluding hydrogens is 414 g/mol. The van der Waals surface area contributed by atoms with Crippen LogP contribution in [0.3, 0.4) is 0 Å². The maximum Gasteiger partial charge on any atom is 0.330 e. The Hall–Kier alpha value is -1.85. The molecule has 1 heterocycles. The smallest absolute Gasteiger partial charge is 0.330 e. The third kappa shape index (κ3) is 6.86. The first-order chi connectivity index (χ1) is 13.7. The molecule has 0 aliphatic carbocycles. The third-order valence-corrected chi connectivity index (χ3v) is 5.70. The van der Waals surface area contributed by atoms with Gasteiger partial charge in [-0.25, -0.2) is 4.79 Å². The van der Waals surface area contributed by atoms with Crippen LogP contribution in [-0.2, 0) is 16.1 Å². The Morgan fingerprint density at radius 2 is 1.93 bits per heavy atom. The number of amides is 1. The van der Waals surface area contributed by atoms with Crippen LogP contribution in [0.5, 0.6) is 0 Å². The molecule has 29 heavy (non-hydrogen) atoms. The lowest BCUT2D eigenvalue weighted by molar-refractivity contribution is -0.116. The summed E-state index contributed by atoms with van der Waals surface area (Å²) in [6, 6.07) is 0. The maximum absolute atomic E-state index is 13.0. The van der Waals surface area contributed by atoms with Gasteiger partial charge in [-0.3, -0.25) is 19.1 Å². The number of carbonyl (C=O) groups is 1. The van der Waals surface area contributed by atoms with E-state index >= 15 is 0 Å². The zero-order chi connectivity index (χ0) is 22.1. The van der Waals surface area contributed by atoms with Crippen molar-refractivity contribution in [3.63, 3.8) is 0 Å². The van der Waals surface area contributed by atoms with Gasteiger partial charge >= 0.3 is 5.69 Å². The number of carbonyl (C=O) groups excluding carboxylic acids is 1. The van der Waals surface area contributed by atoms with Gasteiger partial charge in [0.2, 0.25) is 5.91 Å². The topological polar surface area (TPSA) is 114 Å². The average Bonchev–Trinajstić information content (AvgIpc) is 2.66. The molecule has 0 saturated heterocycles. The summed E-state index contributed by atoms with van der Waals surface area (Å²) in [7, 11) is 1.50. The summed E-state index contributed by atoms with van der Waals surface area (Å²) in [6.07, 6.45) is 0. The normalized spacial score (nSPS) is 11.0. The van der Waals surface area contributed by atoms with Crippen molar-refractivity contribution in [2.75, 3.05) is 49.7 Å². The number of hydrogen-bond donors (Lipinski definition) is 2. The molecule has 1 aromatic heterocycles. The zero-order valence-electron chi connectivity index (χ0n) is 17.7. The highest BCUT2D eigenvalue weighted by Gasteiger charge is 2.25. The van der Waals surface area contributed by atoms with Crippen LogP contribution in [0.2, 0.25) is 0 Å². The van der Waals surface area contributed by atoms with Crippen LogP contribution in [0.4, 0.5) is 11.5 Å². The van der Waals surface area contributed by atoms with Crippen molar-refractivity contribution in [1.29, 1.82) is 0 Å². The number of nitrogen functional groups attached to an aromatic ring is 1. The Balaban J connectivity index is 3.24. The van der Waals surface area contributed by atoms with Crippen LogP contribution in [0.15, 0.2) is 9.59 Å². The summed E-state index contributed by atoms with van der Waals surface area (Å²) >= 11 is 6.61. The molecule has 1 amide bonds. The number of nitrogens with two attached hydrogens (primary N) is 1. The highest BCUT2D eigenvalue weighted by Crippen LogP contribution is 2.20. The standard InChI is InChI=1S/C18H31N5O4S2/c1-6-21(7-2)18(28)29-11-13(24)22(8-9-27-5)14-15(19)23(10-12(3)4)17(26)20-16(14)25/h12H,6-11,19H2,1-5H3,(H,20,25,26). The number of aromatic nitrogens is 2. The lowest BCUT2D eigenvalue weighted by Gasteiger charge is -2.25. The molecule has 0 aliphatic rings. The number of ether oxygens (including phenoxy) is 1. The van der Waals surface area contributed by atoms with Gasteiger partial charge in [-0.2, -0.15) is 0 Å². The molecule has 0 fully saturated rings. The fourth-order valence-electron chi connectivity index (χ4n) is 2.70. The Morgan fingerprint density at radius 3 is 2.45 bits per heavy atom. The van der Waals surface area contributed by atoms with Gasteiger partial charge in [-0.15, -0.1) is 0 Å². The molecule has 0 spiro atoms. The Labute approximate surface area is 180 Å². The van der Waals surface area contributed by atoms with Crippen molar-refractivity contribution < 1.29 is 9.53 Å². The summed E-state index contributed by atoms with van der Waals surface area (Å²) in [4.78, 5) is 43.2. The number of hydrogen-bond acceptors (Lipinski definition) is 7. The number of nitrogens with zero attached hydrogens (tertiary/aromatic N) is 3. The van der Waals surface area contributed by atoms with E-state index in [1.54, 1.807) is 0 Å². The number of H-pyrrole nitrogens is 1. The van der Waals surface area contributed by atoms with E-state index in [-0.39, 0.29) is 42.2 Å². The molecule has 0 saturated carbocycles. The van der Waals surface area contributed by atoms with Crippen molar-refractivity contribution in [3.05, 3.63) is 20.8 Å². The van der Waals surface area contributed by atoms with Crippen LogP contribution >= 0.6 is 24.0 Å². The van der Waals surface area contributed by atoms with Crippen LogP contribution in [0, 0.1) is 5.92 Å². The van der Waals surface area contributed by atoms with Gasteiger partial charge in [0.1, 0.15) is 10.1 Å². The number of thiocarbonyl (C=S) groups is 1. The second kappa shape index (κ2) is 12.0. The van der Waals surface area contributed by atoms with E-state index in [2.05, 4.69) is 4.98 Å². The molecular formula is C18H31N5O4S2. The van der Waals surface area contributed by atoms with Crippen LogP contribution in [-0.4, -0.2) is 63.8 Å². The molecule has 0 aliphatic heterocycles. The molecule has 9 nitrogen and oxygen atoms in total.